The predicted octanol–water partition coefficient (Wildman–Crippen LogP) is 8.88. The lowest BCUT2D eigenvalue weighted by Crippen LogP contribution is -2.16. The highest BCUT2D eigenvalue weighted by Gasteiger charge is 2.38. The number of allylic oxidation sites excluding steroid dienone is 4. The third kappa shape index (κ3) is 4.11. The summed E-state index contributed by atoms with van der Waals surface area (Å²) in [5.74, 6) is 4.24. The minimum atomic E-state index is -0.0996. The van der Waals surface area contributed by atoms with Gasteiger partial charge in [0.1, 0.15) is 22.8 Å². The van der Waals surface area contributed by atoms with Crippen LogP contribution in [0.4, 0.5) is 0 Å². The Balaban J connectivity index is 1.12. The molecule has 6 heteroatoms. The van der Waals surface area contributed by atoms with Crippen LogP contribution in [0.15, 0.2) is 144 Å². The van der Waals surface area contributed by atoms with Gasteiger partial charge in [0.05, 0.1) is 11.8 Å². The van der Waals surface area contributed by atoms with E-state index >= 15 is 0 Å². The molecule has 0 spiro atoms. The molecule has 2 atom stereocenters. The molecule has 0 N–H and O–H groups in total. The summed E-state index contributed by atoms with van der Waals surface area (Å²) in [6.45, 7) is 0. The molecule has 6 nitrogen and oxygen atoms in total. The van der Waals surface area contributed by atoms with E-state index in [1.165, 1.54) is 0 Å². The van der Waals surface area contributed by atoms with Gasteiger partial charge in [0.15, 0.2) is 17.2 Å². The molecule has 1 aliphatic heterocycles. The van der Waals surface area contributed by atoms with Gasteiger partial charge in [-0.15, -0.1) is 0 Å². The summed E-state index contributed by atoms with van der Waals surface area (Å²) in [5.41, 5.74) is 5.46. The Hall–Kier alpha value is -5.88. The lowest BCUT2D eigenvalue weighted by Gasteiger charge is -2.23. The normalized spacial score (nSPS) is 16.9. The maximum absolute atomic E-state index is 6.22. The van der Waals surface area contributed by atoms with Gasteiger partial charge in [0.25, 0.3) is 0 Å². The van der Waals surface area contributed by atoms with Crippen LogP contribution in [0, 0.1) is 0 Å². The molecule has 1 aliphatic carbocycles. The average molecular weight is 569 g/mol. The number of nitrogens with zero attached hydrogens (tertiary/aromatic N) is 4. The molecule has 0 fully saturated rings. The Morgan fingerprint density at radius 2 is 1.27 bits per heavy atom. The van der Waals surface area contributed by atoms with Crippen molar-refractivity contribution in [3.8, 4) is 40.0 Å². The molecule has 3 heterocycles. The van der Waals surface area contributed by atoms with E-state index in [4.69, 9.17) is 29.1 Å². The van der Waals surface area contributed by atoms with Crippen molar-refractivity contribution in [2.75, 3.05) is 0 Å². The fourth-order valence-corrected chi connectivity index (χ4v) is 6.18. The molecule has 7 aromatic rings. The van der Waals surface area contributed by atoms with E-state index in [9.17, 15) is 0 Å². The van der Waals surface area contributed by atoms with Crippen LogP contribution in [0.1, 0.15) is 23.2 Å². The molecule has 208 valence electrons. The van der Waals surface area contributed by atoms with E-state index in [0.717, 1.165) is 55.6 Å². The van der Waals surface area contributed by atoms with E-state index < -0.39 is 0 Å². The highest BCUT2D eigenvalue weighted by atomic mass is 16.5. The first-order valence-electron chi connectivity index (χ1n) is 14.6. The number of rotatable bonds is 4. The predicted molar refractivity (Wildman–Crippen MR) is 171 cm³/mol. The topological polar surface area (TPSA) is 73.9 Å². The van der Waals surface area contributed by atoms with E-state index in [0.29, 0.717) is 23.4 Å². The van der Waals surface area contributed by atoms with Crippen LogP contribution in [0.2, 0.25) is 0 Å². The molecule has 2 aliphatic rings. The SMILES string of the molecule is C1=CC(c2nc(-c3ccccc3)nc(-c3ccc(-c4nc5cc6ccccc6cc5o4)cc3)n2)C2C(=C1)Oc1ccccc12. The zero-order valence-corrected chi connectivity index (χ0v) is 23.5. The number of hydrogen-bond donors (Lipinski definition) is 0. The molecule has 9 rings (SSSR count). The molecule has 2 aromatic heterocycles. The molecule has 2 unspecified atom stereocenters. The molecule has 0 radical (unpaired) electrons. The second-order valence-corrected chi connectivity index (χ2v) is 11.1. The highest BCUT2D eigenvalue weighted by Crippen LogP contribution is 2.50. The zero-order chi connectivity index (χ0) is 29.0. The van der Waals surface area contributed by atoms with Gasteiger partial charge in [-0.25, -0.2) is 19.9 Å². The van der Waals surface area contributed by atoms with Crippen LogP contribution in [-0.2, 0) is 0 Å². The molecule has 0 bridgehead atoms. The Labute approximate surface area is 253 Å². The first kappa shape index (κ1) is 24.7. The maximum atomic E-state index is 6.22. The van der Waals surface area contributed by atoms with E-state index in [1.807, 2.05) is 97.1 Å². The Morgan fingerprint density at radius 1 is 0.591 bits per heavy atom. The van der Waals surface area contributed by atoms with Gasteiger partial charge in [-0.05, 0) is 47.2 Å². The van der Waals surface area contributed by atoms with Gasteiger partial charge in [0.2, 0.25) is 5.89 Å². The summed E-state index contributed by atoms with van der Waals surface area (Å²) in [4.78, 5) is 19.8. The molecule has 0 saturated carbocycles. The number of aromatic nitrogens is 4. The van der Waals surface area contributed by atoms with Gasteiger partial charge >= 0.3 is 0 Å². The quantitative estimate of drug-likeness (QED) is 0.211. The standard InChI is InChI=1S/C38H24N4O2/c1-2-9-23(10-3-1)35-40-36(42-37(41-35)29-14-8-16-32-34(29)28-13-6-7-15-31(28)43-32)24-17-19-25(20-18-24)38-39-30-21-26-11-4-5-12-27(26)22-33(30)44-38/h1-22,29,34H. The summed E-state index contributed by atoms with van der Waals surface area (Å²) >= 11 is 0. The summed E-state index contributed by atoms with van der Waals surface area (Å²) in [6.07, 6.45) is 6.23. The number of benzene rings is 5. The molecular formula is C38H24N4O2. The molecule has 0 saturated heterocycles. The summed E-state index contributed by atoms with van der Waals surface area (Å²) < 4.78 is 12.4. The van der Waals surface area contributed by atoms with Crippen LogP contribution < -0.4 is 4.74 Å². The fraction of sp³-hybridized carbons (Fsp3) is 0.0526. The van der Waals surface area contributed by atoms with Crippen molar-refractivity contribution in [2.45, 2.75) is 11.8 Å². The summed E-state index contributed by atoms with van der Waals surface area (Å²) in [5, 5.41) is 2.26. The van der Waals surface area contributed by atoms with Crippen molar-refractivity contribution in [2.24, 2.45) is 0 Å². The van der Waals surface area contributed by atoms with Gasteiger partial charge in [-0.1, -0.05) is 97.1 Å². The first-order chi connectivity index (χ1) is 21.8. The van der Waals surface area contributed by atoms with Gasteiger partial charge < -0.3 is 9.15 Å². The van der Waals surface area contributed by atoms with Crippen molar-refractivity contribution >= 4 is 21.9 Å². The average Bonchev–Trinajstić information content (AvgIpc) is 3.68. The summed E-state index contributed by atoms with van der Waals surface area (Å²) in [6, 6.07) is 38.6. The number of hydrogen-bond acceptors (Lipinski definition) is 6. The van der Waals surface area contributed by atoms with Crippen LogP contribution >= 0.6 is 0 Å². The highest BCUT2D eigenvalue weighted by molar-refractivity contribution is 5.95. The monoisotopic (exact) mass is 568 g/mol. The van der Waals surface area contributed by atoms with Crippen molar-refractivity contribution < 1.29 is 9.15 Å². The van der Waals surface area contributed by atoms with Crippen LogP contribution in [0.3, 0.4) is 0 Å². The Kier molecular flexibility index (Phi) is 5.53. The van der Waals surface area contributed by atoms with Crippen molar-refractivity contribution in [3.63, 3.8) is 0 Å². The van der Waals surface area contributed by atoms with E-state index in [2.05, 4.69) is 36.4 Å². The molecule has 0 amide bonds. The minimum absolute atomic E-state index is 0.00765. The summed E-state index contributed by atoms with van der Waals surface area (Å²) in [7, 11) is 0. The smallest absolute Gasteiger partial charge is 0.227 e. The Bertz CT molecular complexity index is 2220. The largest absolute Gasteiger partial charge is 0.461 e. The van der Waals surface area contributed by atoms with Crippen molar-refractivity contribution in [1.29, 1.82) is 0 Å². The molecular weight excluding hydrogens is 544 g/mol. The second kappa shape index (κ2) is 9.85. The van der Waals surface area contributed by atoms with Gasteiger partial charge in [0, 0.05) is 22.3 Å². The van der Waals surface area contributed by atoms with Crippen LogP contribution in [-0.4, -0.2) is 19.9 Å². The lowest BCUT2D eigenvalue weighted by atomic mass is 9.82. The van der Waals surface area contributed by atoms with Crippen LogP contribution in [0.25, 0.3) is 56.1 Å². The van der Waals surface area contributed by atoms with E-state index in [1.54, 1.807) is 0 Å². The zero-order valence-electron chi connectivity index (χ0n) is 23.5. The first-order valence-corrected chi connectivity index (χ1v) is 14.6. The fourth-order valence-electron chi connectivity index (χ4n) is 6.18. The third-order valence-electron chi connectivity index (χ3n) is 8.36. The third-order valence-corrected chi connectivity index (χ3v) is 8.36. The van der Waals surface area contributed by atoms with Crippen molar-refractivity contribution in [1.82, 2.24) is 19.9 Å². The number of ether oxygens (including phenoxy) is 1. The minimum Gasteiger partial charge on any atom is -0.461 e. The van der Waals surface area contributed by atoms with Gasteiger partial charge in [-0.3, -0.25) is 0 Å². The second-order valence-electron chi connectivity index (χ2n) is 11.1. The molecule has 44 heavy (non-hydrogen) atoms. The van der Waals surface area contributed by atoms with E-state index in [-0.39, 0.29) is 11.8 Å². The van der Waals surface area contributed by atoms with Gasteiger partial charge in [-0.2, -0.15) is 0 Å². The number of oxazole rings is 1. The number of fused-ring (bicyclic) bond motifs is 5. The Morgan fingerprint density at radius 3 is 2.09 bits per heavy atom. The van der Waals surface area contributed by atoms with Crippen LogP contribution in [0.5, 0.6) is 5.75 Å². The number of para-hydroxylation sites is 1. The van der Waals surface area contributed by atoms with Crippen molar-refractivity contribution in [3.05, 3.63) is 151 Å². The maximum Gasteiger partial charge on any atom is 0.227 e. The molecule has 5 aromatic carbocycles. The lowest BCUT2D eigenvalue weighted by molar-refractivity contribution is 0.414.